The molecule has 110 valence electrons. The number of unbranched alkanes of at least 4 members (excludes halogenated alkanes) is 8. The quantitative estimate of drug-likeness (QED) is 0.442. The van der Waals surface area contributed by atoms with Crippen LogP contribution in [0.5, 0.6) is 0 Å². The van der Waals surface area contributed by atoms with E-state index >= 15 is 0 Å². The lowest BCUT2D eigenvalue weighted by atomic mass is 10.0. The third-order valence-electron chi connectivity index (χ3n) is 4.03. The first-order chi connectivity index (χ1) is 9.38. The smallest absolute Gasteiger partial charge is 0.00401 e. The van der Waals surface area contributed by atoms with Gasteiger partial charge in [-0.2, -0.15) is 0 Å². The van der Waals surface area contributed by atoms with Gasteiger partial charge in [-0.1, -0.05) is 65.2 Å². The average Bonchev–Trinajstić information content (AvgIpc) is 2.86. The highest BCUT2D eigenvalue weighted by Gasteiger charge is 2.03. The van der Waals surface area contributed by atoms with Gasteiger partial charge in [0.1, 0.15) is 0 Å². The fourth-order valence-electron chi connectivity index (χ4n) is 2.73. The zero-order chi connectivity index (χ0) is 13.8. The van der Waals surface area contributed by atoms with Crippen LogP contribution in [0.25, 0.3) is 0 Å². The Hall–Kier alpha value is -0.720. The second kappa shape index (κ2) is 11.1. The van der Waals surface area contributed by atoms with Crippen LogP contribution in [0, 0.1) is 0 Å². The SMILES string of the molecule is CCCCCCCCCc1c[nH]cc1CCCCC. The molecule has 0 fully saturated rings. The molecule has 0 aliphatic heterocycles. The Balaban J connectivity index is 2.10. The lowest BCUT2D eigenvalue weighted by Gasteiger charge is -2.04. The maximum absolute atomic E-state index is 3.29. The van der Waals surface area contributed by atoms with Crippen molar-refractivity contribution >= 4 is 0 Å². The Morgan fingerprint density at radius 1 is 0.632 bits per heavy atom. The van der Waals surface area contributed by atoms with Crippen molar-refractivity contribution < 1.29 is 0 Å². The van der Waals surface area contributed by atoms with Crippen LogP contribution < -0.4 is 0 Å². The first-order valence-corrected chi connectivity index (χ1v) is 8.53. The topological polar surface area (TPSA) is 15.8 Å². The Morgan fingerprint density at radius 2 is 1.05 bits per heavy atom. The molecule has 19 heavy (non-hydrogen) atoms. The Bertz CT molecular complexity index is 300. The molecule has 0 spiro atoms. The number of aryl methyl sites for hydroxylation is 2. The van der Waals surface area contributed by atoms with Crippen LogP contribution in [0.3, 0.4) is 0 Å². The van der Waals surface area contributed by atoms with E-state index in [4.69, 9.17) is 0 Å². The zero-order valence-electron chi connectivity index (χ0n) is 13.1. The van der Waals surface area contributed by atoms with E-state index in [1.165, 1.54) is 77.0 Å². The lowest BCUT2D eigenvalue weighted by molar-refractivity contribution is 0.588. The highest BCUT2D eigenvalue weighted by molar-refractivity contribution is 5.23. The number of nitrogens with one attached hydrogen (secondary N) is 1. The fraction of sp³-hybridized carbons (Fsp3) is 0.778. The van der Waals surface area contributed by atoms with Crippen LogP contribution in [0.1, 0.15) is 89.2 Å². The fourth-order valence-corrected chi connectivity index (χ4v) is 2.73. The number of rotatable bonds is 12. The van der Waals surface area contributed by atoms with E-state index in [0.29, 0.717) is 0 Å². The van der Waals surface area contributed by atoms with Gasteiger partial charge in [0.15, 0.2) is 0 Å². The molecule has 0 unspecified atom stereocenters. The molecule has 1 N–H and O–H groups in total. The van der Waals surface area contributed by atoms with Crippen molar-refractivity contribution in [2.45, 2.75) is 90.9 Å². The summed E-state index contributed by atoms with van der Waals surface area (Å²) in [5, 5.41) is 0. The number of hydrogen-bond donors (Lipinski definition) is 1. The van der Waals surface area contributed by atoms with Crippen molar-refractivity contribution in [2.24, 2.45) is 0 Å². The highest BCUT2D eigenvalue weighted by atomic mass is 14.6. The summed E-state index contributed by atoms with van der Waals surface area (Å²) in [7, 11) is 0. The zero-order valence-corrected chi connectivity index (χ0v) is 13.1. The number of H-pyrrole nitrogens is 1. The molecule has 0 aromatic carbocycles. The van der Waals surface area contributed by atoms with E-state index in [2.05, 4.69) is 31.2 Å². The standard InChI is InChI=1S/C18H33N/c1-3-5-7-8-9-10-12-14-18-16-19-15-17(18)13-11-6-4-2/h15-16,19H,3-14H2,1-2H3. The van der Waals surface area contributed by atoms with Gasteiger partial charge in [0, 0.05) is 12.4 Å². The average molecular weight is 263 g/mol. The van der Waals surface area contributed by atoms with Crippen molar-refractivity contribution in [3.05, 3.63) is 23.5 Å². The molecule has 0 aliphatic rings. The van der Waals surface area contributed by atoms with E-state index in [-0.39, 0.29) is 0 Å². The monoisotopic (exact) mass is 263 g/mol. The molecular formula is C18H33N. The van der Waals surface area contributed by atoms with Crippen LogP contribution in [-0.2, 0) is 12.8 Å². The van der Waals surface area contributed by atoms with Gasteiger partial charge in [-0.15, -0.1) is 0 Å². The number of hydrogen-bond acceptors (Lipinski definition) is 0. The second-order valence-corrected chi connectivity index (χ2v) is 5.83. The predicted molar refractivity (Wildman–Crippen MR) is 85.7 cm³/mol. The maximum atomic E-state index is 3.29. The van der Waals surface area contributed by atoms with E-state index < -0.39 is 0 Å². The van der Waals surface area contributed by atoms with Gasteiger partial charge < -0.3 is 4.98 Å². The van der Waals surface area contributed by atoms with Gasteiger partial charge in [-0.05, 0) is 36.8 Å². The normalized spacial score (nSPS) is 11.1. The Kier molecular flexibility index (Phi) is 9.57. The van der Waals surface area contributed by atoms with Crippen LogP contribution in [-0.4, -0.2) is 4.98 Å². The third kappa shape index (κ3) is 7.44. The lowest BCUT2D eigenvalue weighted by Crippen LogP contribution is -1.91. The molecule has 0 saturated carbocycles. The summed E-state index contributed by atoms with van der Waals surface area (Å²) in [6, 6.07) is 0. The summed E-state index contributed by atoms with van der Waals surface area (Å²) >= 11 is 0. The minimum atomic E-state index is 1.27. The van der Waals surface area contributed by atoms with Crippen molar-refractivity contribution in [2.75, 3.05) is 0 Å². The van der Waals surface area contributed by atoms with Crippen LogP contribution >= 0.6 is 0 Å². The summed E-state index contributed by atoms with van der Waals surface area (Å²) in [6.45, 7) is 4.56. The summed E-state index contributed by atoms with van der Waals surface area (Å²) < 4.78 is 0. The molecule has 0 saturated heterocycles. The number of aromatic amines is 1. The first-order valence-electron chi connectivity index (χ1n) is 8.53. The highest BCUT2D eigenvalue weighted by Crippen LogP contribution is 2.16. The van der Waals surface area contributed by atoms with Crippen molar-refractivity contribution in [3.8, 4) is 0 Å². The van der Waals surface area contributed by atoms with Gasteiger partial charge >= 0.3 is 0 Å². The predicted octanol–water partition coefficient (Wildman–Crippen LogP) is 6.04. The molecule has 1 nitrogen and oxygen atoms in total. The summed E-state index contributed by atoms with van der Waals surface area (Å²) in [5.41, 5.74) is 3.14. The minimum absolute atomic E-state index is 1.27. The van der Waals surface area contributed by atoms with Gasteiger partial charge in [-0.3, -0.25) is 0 Å². The summed E-state index contributed by atoms with van der Waals surface area (Å²) in [4.78, 5) is 3.29. The molecule has 1 heterocycles. The Morgan fingerprint density at radius 3 is 1.63 bits per heavy atom. The minimum Gasteiger partial charge on any atom is -0.367 e. The molecule has 0 amide bonds. The molecule has 0 bridgehead atoms. The Labute approximate surface area is 120 Å². The molecule has 1 rings (SSSR count). The van der Waals surface area contributed by atoms with Crippen LogP contribution in [0.15, 0.2) is 12.4 Å². The van der Waals surface area contributed by atoms with Crippen LogP contribution in [0.4, 0.5) is 0 Å². The van der Waals surface area contributed by atoms with E-state index in [1.54, 1.807) is 11.1 Å². The van der Waals surface area contributed by atoms with Crippen molar-refractivity contribution in [1.82, 2.24) is 4.98 Å². The first kappa shape index (κ1) is 16.3. The largest absolute Gasteiger partial charge is 0.367 e. The van der Waals surface area contributed by atoms with Gasteiger partial charge in [-0.25, -0.2) is 0 Å². The van der Waals surface area contributed by atoms with E-state index in [9.17, 15) is 0 Å². The van der Waals surface area contributed by atoms with Gasteiger partial charge in [0.05, 0.1) is 0 Å². The molecule has 0 atom stereocenters. The van der Waals surface area contributed by atoms with Gasteiger partial charge in [0.25, 0.3) is 0 Å². The summed E-state index contributed by atoms with van der Waals surface area (Å²) in [6.07, 6.45) is 20.8. The molecule has 1 heteroatoms. The second-order valence-electron chi connectivity index (χ2n) is 5.83. The summed E-state index contributed by atoms with van der Waals surface area (Å²) in [5.74, 6) is 0. The molecule has 0 radical (unpaired) electrons. The number of aromatic nitrogens is 1. The molecule has 1 aromatic heterocycles. The van der Waals surface area contributed by atoms with Gasteiger partial charge in [0.2, 0.25) is 0 Å². The molecule has 0 aliphatic carbocycles. The van der Waals surface area contributed by atoms with Crippen molar-refractivity contribution in [3.63, 3.8) is 0 Å². The van der Waals surface area contributed by atoms with Crippen LogP contribution in [0.2, 0.25) is 0 Å². The van der Waals surface area contributed by atoms with E-state index in [1.807, 2.05) is 0 Å². The van der Waals surface area contributed by atoms with Crippen molar-refractivity contribution in [1.29, 1.82) is 0 Å². The molecule has 1 aromatic rings. The third-order valence-corrected chi connectivity index (χ3v) is 4.03. The van der Waals surface area contributed by atoms with E-state index in [0.717, 1.165) is 0 Å². The maximum Gasteiger partial charge on any atom is 0.00401 e. The molecular weight excluding hydrogens is 230 g/mol.